The van der Waals surface area contributed by atoms with Gasteiger partial charge in [-0.3, -0.25) is 9.59 Å². The molecule has 2 unspecified atom stereocenters. The van der Waals surface area contributed by atoms with Crippen LogP contribution in [0.1, 0.15) is 40.0 Å². The van der Waals surface area contributed by atoms with Gasteiger partial charge >= 0.3 is 11.9 Å². The summed E-state index contributed by atoms with van der Waals surface area (Å²) in [5.41, 5.74) is 0. The average molecular weight is 255 g/mol. The summed E-state index contributed by atoms with van der Waals surface area (Å²) in [6.45, 7) is 5.85. The van der Waals surface area contributed by atoms with Crippen LogP contribution in [0.25, 0.3) is 0 Å². The van der Waals surface area contributed by atoms with Crippen molar-refractivity contribution < 1.29 is 19.4 Å². The lowest BCUT2D eigenvalue weighted by atomic mass is 9.83. The first-order valence-corrected chi connectivity index (χ1v) is 6.20. The number of ether oxygens (including phenoxy) is 1. The minimum absolute atomic E-state index is 0.125. The van der Waals surface area contributed by atoms with Gasteiger partial charge in [-0.15, -0.1) is 0 Å². The van der Waals surface area contributed by atoms with E-state index in [0.717, 1.165) is 0 Å². The average Bonchev–Trinajstić information content (AvgIpc) is 2.27. The number of carbonyl (C=O) groups excluding carboxylic acids is 1. The van der Waals surface area contributed by atoms with Crippen LogP contribution in [-0.4, -0.2) is 23.7 Å². The van der Waals surface area contributed by atoms with Gasteiger partial charge in [-0.1, -0.05) is 13.8 Å². The first kappa shape index (κ1) is 16.4. The molecule has 0 aromatic rings. The maximum absolute atomic E-state index is 11.8. The van der Waals surface area contributed by atoms with E-state index in [1.54, 1.807) is 6.92 Å². The number of rotatable bonds is 8. The van der Waals surface area contributed by atoms with Gasteiger partial charge in [0.05, 0.1) is 24.5 Å². The van der Waals surface area contributed by atoms with Gasteiger partial charge in [-0.05, 0) is 25.7 Å². The molecule has 5 heteroatoms. The zero-order valence-electron chi connectivity index (χ0n) is 11.2. The summed E-state index contributed by atoms with van der Waals surface area (Å²) in [7, 11) is 0. The van der Waals surface area contributed by atoms with Crippen molar-refractivity contribution >= 4 is 11.9 Å². The Morgan fingerprint density at radius 3 is 2.39 bits per heavy atom. The lowest BCUT2D eigenvalue weighted by Gasteiger charge is -2.21. The number of hydrogen-bond donors (Lipinski definition) is 1. The van der Waals surface area contributed by atoms with Crippen molar-refractivity contribution in [1.29, 1.82) is 5.26 Å². The molecule has 0 spiro atoms. The number of hydrogen-bond acceptors (Lipinski definition) is 4. The Balaban J connectivity index is 4.75. The van der Waals surface area contributed by atoms with E-state index >= 15 is 0 Å². The number of esters is 1. The van der Waals surface area contributed by atoms with E-state index in [-0.39, 0.29) is 25.4 Å². The summed E-state index contributed by atoms with van der Waals surface area (Å²) in [6.07, 6.45) is 0.596. The van der Waals surface area contributed by atoms with E-state index < -0.39 is 23.8 Å². The van der Waals surface area contributed by atoms with Gasteiger partial charge in [0, 0.05) is 6.42 Å². The van der Waals surface area contributed by atoms with Gasteiger partial charge < -0.3 is 9.84 Å². The molecule has 0 aliphatic carbocycles. The van der Waals surface area contributed by atoms with Crippen molar-refractivity contribution in [2.75, 3.05) is 6.61 Å². The summed E-state index contributed by atoms with van der Waals surface area (Å²) in [5.74, 6) is -2.29. The third kappa shape index (κ3) is 6.24. The molecule has 0 aromatic heterocycles. The van der Waals surface area contributed by atoms with Crippen LogP contribution in [0.15, 0.2) is 0 Å². The number of carboxylic acid groups (broad SMARTS) is 1. The molecule has 1 N–H and O–H groups in total. The Morgan fingerprint density at radius 2 is 2.00 bits per heavy atom. The van der Waals surface area contributed by atoms with Crippen molar-refractivity contribution in [2.24, 2.45) is 17.8 Å². The van der Waals surface area contributed by atoms with E-state index in [9.17, 15) is 9.59 Å². The number of aliphatic carboxylic acids is 1. The number of carbonyl (C=O) groups is 2. The standard InChI is InChI=1S/C13H21NO4/c1-4-18-13(17)11(5-6-12(15)16)10(8-14)7-9(2)3/h9-11H,4-7H2,1-3H3,(H,15,16). The van der Waals surface area contributed by atoms with Crippen molar-refractivity contribution in [3.8, 4) is 6.07 Å². The van der Waals surface area contributed by atoms with E-state index in [0.29, 0.717) is 6.42 Å². The normalized spacial score (nSPS) is 13.7. The first-order valence-electron chi connectivity index (χ1n) is 6.20. The highest BCUT2D eigenvalue weighted by Crippen LogP contribution is 2.25. The summed E-state index contributed by atoms with van der Waals surface area (Å²) >= 11 is 0. The second kappa shape index (κ2) is 8.51. The van der Waals surface area contributed by atoms with Crippen LogP contribution in [0.3, 0.4) is 0 Å². The number of nitrogens with zero attached hydrogens (tertiary/aromatic N) is 1. The molecule has 0 aliphatic heterocycles. The molecule has 5 nitrogen and oxygen atoms in total. The van der Waals surface area contributed by atoms with Crippen LogP contribution in [0.4, 0.5) is 0 Å². The molecule has 0 amide bonds. The molecule has 0 aromatic carbocycles. The van der Waals surface area contributed by atoms with Crippen molar-refractivity contribution in [1.82, 2.24) is 0 Å². The molecule has 18 heavy (non-hydrogen) atoms. The predicted octanol–water partition coefficient (Wildman–Crippen LogP) is 2.22. The van der Waals surface area contributed by atoms with Crippen LogP contribution < -0.4 is 0 Å². The van der Waals surface area contributed by atoms with E-state index in [4.69, 9.17) is 15.1 Å². The Kier molecular flexibility index (Phi) is 7.77. The summed E-state index contributed by atoms with van der Waals surface area (Å²) in [4.78, 5) is 22.4. The summed E-state index contributed by atoms with van der Waals surface area (Å²) < 4.78 is 4.92. The fraction of sp³-hybridized carbons (Fsp3) is 0.769. The van der Waals surface area contributed by atoms with Crippen molar-refractivity contribution in [2.45, 2.75) is 40.0 Å². The van der Waals surface area contributed by atoms with E-state index in [2.05, 4.69) is 6.07 Å². The highest BCUT2D eigenvalue weighted by Gasteiger charge is 2.30. The zero-order valence-corrected chi connectivity index (χ0v) is 11.2. The Morgan fingerprint density at radius 1 is 1.39 bits per heavy atom. The highest BCUT2D eigenvalue weighted by molar-refractivity contribution is 5.74. The van der Waals surface area contributed by atoms with Crippen LogP contribution in [0.2, 0.25) is 0 Å². The molecule has 102 valence electrons. The third-order valence-corrected chi connectivity index (χ3v) is 2.64. The fourth-order valence-corrected chi connectivity index (χ4v) is 1.83. The highest BCUT2D eigenvalue weighted by atomic mass is 16.5. The molecule has 0 fully saturated rings. The zero-order chi connectivity index (χ0) is 14.1. The summed E-state index contributed by atoms with van der Waals surface area (Å²) in [5, 5.41) is 17.8. The van der Waals surface area contributed by atoms with Crippen LogP contribution in [0.5, 0.6) is 0 Å². The van der Waals surface area contributed by atoms with Crippen LogP contribution >= 0.6 is 0 Å². The minimum atomic E-state index is -0.967. The molecule has 0 saturated heterocycles. The predicted molar refractivity (Wildman–Crippen MR) is 65.6 cm³/mol. The fourth-order valence-electron chi connectivity index (χ4n) is 1.83. The topological polar surface area (TPSA) is 87.4 Å². The first-order chi connectivity index (χ1) is 8.42. The monoisotopic (exact) mass is 255 g/mol. The van der Waals surface area contributed by atoms with Crippen molar-refractivity contribution in [3.05, 3.63) is 0 Å². The number of nitriles is 1. The van der Waals surface area contributed by atoms with Gasteiger partial charge in [-0.25, -0.2) is 0 Å². The molecule has 2 atom stereocenters. The molecule has 0 heterocycles. The number of carboxylic acids is 1. The Hall–Kier alpha value is -1.57. The van der Waals surface area contributed by atoms with Gasteiger partial charge in [0.15, 0.2) is 0 Å². The Labute approximate surface area is 108 Å². The third-order valence-electron chi connectivity index (χ3n) is 2.64. The molecule has 0 saturated carbocycles. The quantitative estimate of drug-likeness (QED) is 0.672. The van der Waals surface area contributed by atoms with Crippen LogP contribution in [-0.2, 0) is 14.3 Å². The van der Waals surface area contributed by atoms with Gasteiger partial charge in [-0.2, -0.15) is 5.26 Å². The molecule has 0 rings (SSSR count). The van der Waals surface area contributed by atoms with Gasteiger partial charge in [0.2, 0.25) is 0 Å². The smallest absolute Gasteiger partial charge is 0.310 e. The van der Waals surface area contributed by atoms with Gasteiger partial charge in [0.1, 0.15) is 0 Å². The maximum atomic E-state index is 11.8. The van der Waals surface area contributed by atoms with Crippen molar-refractivity contribution in [3.63, 3.8) is 0 Å². The lowest BCUT2D eigenvalue weighted by molar-refractivity contribution is -0.150. The molecule has 0 aliphatic rings. The van der Waals surface area contributed by atoms with Gasteiger partial charge in [0.25, 0.3) is 0 Å². The SMILES string of the molecule is CCOC(=O)C(CCC(=O)O)C(C#N)CC(C)C. The summed E-state index contributed by atoms with van der Waals surface area (Å²) in [6, 6.07) is 2.10. The second-order valence-electron chi connectivity index (χ2n) is 4.66. The maximum Gasteiger partial charge on any atom is 0.310 e. The minimum Gasteiger partial charge on any atom is -0.481 e. The molecular formula is C13H21NO4. The van der Waals surface area contributed by atoms with E-state index in [1.165, 1.54) is 0 Å². The molecular weight excluding hydrogens is 234 g/mol. The Bertz CT molecular complexity index is 319. The van der Waals surface area contributed by atoms with E-state index in [1.807, 2.05) is 13.8 Å². The van der Waals surface area contributed by atoms with Crippen LogP contribution in [0, 0.1) is 29.1 Å². The largest absolute Gasteiger partial charge is 0.481 e. The molecule has 0 bridgehead atoms. The lowest BCUT2D eigenvalue weighted by Crippen LogP contribution is -2.27. The second-order valence-corrected chi connectivity index (χ2v) is 4.66. The molecule has 0 radical (unpaired) electrons.